The molecular weight excluding hydrogens is 274 g/mol. The van der Waals surface area contributed by atoms with Gasteiger partial charge in [0, 0.05) is 28.9 Å². The first-order valence-corrected chi connectivity index (χ1v) is 7.21. The van der Waals surface area contributed by atoms with Gasteiger partial charge < -0.3 is 0 Å². The Morgan fingerprint density at radius 2 is 1.50 bits per heavy atom. The topological polar surface area (TPSA) is 37.4 Å². The van der Waals surface area contributed by atoms with Crippen LogP contribution in [0.5, 0.6) is 0 Å². The number of carbonyl (C=O) groups excluding carboxylic acids is 2. The van der Waals surface area contributed by atoms with Crippen molar-refractivity contribution in [2.24, 2.45) is 0 Å². The molecule has 0 spiro atoms. The van der Waals surface area contributed by atoms with Gasteiger partial charge >= 0.3 is 0 Å². The zero-order valence-corrected chi connectivity index (χ0v) is 11.7. The summed E-state index contributed by atoms with van der Waals surface area (Å²) in [5.74, 6) is 0.144. The van der Waals surface area contributed by atoms with Crippen molar-refractivity contribution in [3.8, 4) is 0 Å². The standard InChI is InChI=1S/C16H14ClNO2/c17-9-1-2-10-18-15(19)12-7-3-5-11-6-4-8-13(14(11)12)16(18)20/h3-8H,1-2,9-10H2. The number of hydrogen-bond donors (Lipinski definition) is 0. The molecule has 0 radical (unpaired) electrons. The fourth-order valence-corrected chi connectivity index (χ4v) is 2.84. The summed E-state index contributed by atoms with van der Waals surface area (Å²) in [5.41, 5.74) is 1.23. The van der Waals surface area contributed by atoms with Gasteiger partial charge in [-0.15, -0.1) is 11.6 Å². The van der Waals surface area contributed by atoms with Gasteiger partial charge in [0.1, 0.15) is 0 Å². The van der Waals surface area contributed by atoms with Crippen LogP contribution in [0.4, 0.5) is 0 Å². The lowest BCUT2D eigenvalue weighted by molar-refractivity contribution is 0.0608. The van der Waals surface area contributed by atoms with E-state index in [1.165, 1.54) is 4.90 Å². The SMILES string of the molecule is O=C1c2cccc3cccc(c23)C(=O)N1CCCCCl. The lowest BCUT2D eigenvalue weighted by Crippen LogP contribution is -2.40. The molecule has 0 fully saturated rings. The van der Waals surface area contributed by atoms with Crippen LogP contribution in [0.25, 0.3) is 10.8 Å². The smallest absolute Gasteiger partial charge is 0.261 e. The maximum absolute atomic E-state index is 12.5. The molecule has 0 unspecified atom stereocenters. The Labute approximate surface area is 122 Å². The summed E-state index contributed by atoms with van der Waals surface area (Å²) in [5, 5.41) is 1.71. The van der Waals surface area contributed by atoms with Crippen LogP contribution in [0.2, 0.25) is 0 Å². The van der Waals surface area contributed by atoms with Crippen LogP contribution in [0.15, 0.2) is 36.4 Å². The monoisotopic (exact) mass is 287 g/mol. The van der Waals surface area contributed by atoms with Crippen molar-refractivity contribution >= 4 is 34.2 Å². The molecule has 0 bridgehead atoms. The number of benzene rings is 2. The average Bonchev–Trinajstić information content (AvgIpc) is 2.48. The molecule has 1 heterocycles. The second-order valence-electron chi connectivity index (χ2n) is 4.87. The second-order valence-corrected chi connectivity index (χ2v) is 5.25. The summed E-state index contributed by atoms with van der Waals surface area (Å²) in [6.07, 6.45) is 1.53. The van der Waals surface area contributed by atoms with E-state index >= 15 is 0 Å². The molecule has 2 aromatic rings. The molecule has 0 aromatic heterocycles. The molecule has 2 aromatic carbocycles. The molecule has 0 atom stereocenters. The quantitative estimate of drug-likeness (QED) is 0.491. The number of carbonyl (C=O) groups is 2. The van der Waals surface area contributed by atoms with E-state index in [1.807, 2.05) is 24.3 Å². The maximum Gasteiger partial charge on any atom is 0.261 e. The van der Waals surface area contributed by atoms with E-state index in [1.54, 1.807) is 12.1 Å². The number of nitrogens with zero attached hydrogens (tertiary/aromatic N) is 1. The van der Waals surface area contributed by atoms with E-state index in [9.17, 15) is 9.59 Å². The normalized spacial score (nSPS) is 14.2. The van der Waals surface area contributed by atoms with Gasteiger partial charge in [-0.2, -0.15) is 0 Å². The second kappa shape index (κ2) is 5.25. The molecule has 1 aliphatic heterocycles. The Kier molecular flexibility index (Phi) is 3.45. The Balaban J connectivity index is 2.07. The summed E-state index contributed by atoms with van der Waals surface area (Å²) in [6, 6.07) is 11.1. The van der Waals surface area contributed by atoms with Gasteiger partial charge in [0.25, 0.3) is 11.8 Å². The molecule has 20 heavy (non-hydrogen) atoms. The molecule has 102 valence electrons. The van der Waals surface area contributed by atoms with E-state index in [-0.39, 0.29) is 11.8 Å². The minimum Gasteiger partial charge on any atom is -0.274 e. The fourth-order valence-electron chi connectivity index (χ4n) is 2.65. The summed E-state index contributed by atoms with van der Waals surface area (Å²) in [6.45, 7) is 0.426. The highest BCUT2D eigenvalue weighted by Crippen LogP contribution is 2.29. The molecule has 1 aliphatic rings. The predicted molar refractivity (Wildman–Crippen MR) is 79.3 cm³/mol. The number of halogens is 1. The van der Waals surface area contributed by atoms with E-state index in [2.05, 4.69) is 0 Å². The van der Waals surface area contributed by atoms with Crippen molar-refractivity contribution < 1.29 is 9.59 Å². The Morgan fingerprint density at radius 3 is 2.05 bits per heavy atom. The van der Waals surface area contributed by atoms with E-state index in [4.69, 9.17) is 11.6 Å². The maximum atomic E-state index is 12.5. The molecule has 3 nitrogen and oxygen atoms in total. The molecule has 0 saturated heterocycles. The predicted octanol–water partition coefficient (Wildman–Crippen LogP) is 3.45. The van der Waals surface area contributed by atoms with E-state index < -0.39 is 0 Å². The number of hydrogen-bond acceptors (Lipinski definition) is 2. The first-order chi connectivity index (χ1) is 9.74. The Bertz CT molecular complexity index is 645. The van der Waals surface area contributed by atoms with Gasteiger partial charge in [0.15, 0.2) is 0 Å². The third kappa shape index (κ3) is 1.98. The van der Waals surface area contributed by atoms with Crippen molar-refractivity contribution in [1.29, 1.82) is 0 Å². The van der Waals surface area contributed by atoms with Crippen LogP contribution in [0.3, 0.4) is 0 Å². The summed E-state index contributed by atoms with van der Waals surface area (Å²) in [7, 11) is 0. The molecule has 3 rings (SSSR count). The highest BCUT2D eigenvalue weighted by Gasteiger charge is 2.31. The van der Waals surface area contributed by atoms with Gasteiger partial charge in [-0.25, -0.2) is 0 Å². The number of unbranched alkanes of at least 4 members (excludes halogenated alkanes) is 1. The fraction of sp³-hybridized carbons (Fsp3) is 0.250. The summed E-state index contributed by atoms with van der Waals surface area (Å²) >= 11 is 5.65. The van der Waals surface area contributed by atoms with Crippen LogP contribution >= 0.6 is 11.6 Å². The van der Waals surface area contributed by atoms with Crippen molar-refractivity contribution in [3.63, 3.8) is 0 Å². The average molecular weight is 288 g/mol. The van der Waals surface area contributed by atoms with Crippen LogP contribution in [-0.4, -0.2) is 29.1 Å². The highest BCUT2D eigenvalue weighted by atomic mass is 35.5. The van der Waals surface area contributed by atoms with Crippen LogP contribution in [0.1, 0.15) is 33.6 Å². The van der Waals surface area contributed by atoms with Crippen molar-refractivity contribution in [2.75, 3.05) is 12.4 Å². The highest BCUT2D eigenvalue weighted by molar-refractivity contribution is 6.25. The van der Waals surface area contributed by atoms with Gasteiger partial charge in [0.05, 0.1) is 0 Å². The van der Waals surface area contributed by atoms with Gasteiger partial charge in [0.2, 0.25) is 0 Å². The summed E-state index contributed by atoms with van der Waals surface area (Å²) < 4.78 is 0. The lowest BCUT2D eigenvalue weighted by Gasteiger charge is -2.27. The largest absolute Gasteiger partial charge is 0.274 e. The molecule has 2 amide bonds. The number of alkyl halides is 1. The lowest BCUT2D eigenvalue weighted by atomic mass is 9.94. The van der Waals surface area contributed by atoms with E-state index in [0.29, 0.717) is 23.6 Å². The van der Waals surface area contributed by atoms with Crippen LogP contribution in [0, 0.1) is 0 Å². The zero-order chi connectivity index (χ0) is 14.1. The van der Waals surface area contributed by atoms with Gasteiger partial charge in [-0.1, -0.05) is 24.3 Å². The Hall–Kier alpha value is -1.87. The molecule has 0 N–H and O–H groups in total. The number of rotatable bonds is 4. The summed E-state index contributed by atoms with van der Waals surface area (Å²) in [4.78, 5) is 26.3. The minimum atomic E-state index is -0.200. The first kappa shape index (κ1) is 13.1. The molecular formula is C16H14ClNO2. The third-order valence-corrected chi connectivity index (χ3v) is 3.89. The van der Waals surface area contributed by atoms with Crippen LogP contribution < -0.4 is 0 Å². The van der Waals surface area contributed by atoms with Gasteiger partial charge in [-0.3, -0.25) is 14.5 Å². The van der Waals surface area contributed by atoms with Crippen LogP contribution in [-0.2, 0) is 0 Å². The Morgan fingerprint density at radius 1 is 0.900 bits per heavy atom. The van der Waals surface area contributed by atoms with Gasteiger partial charge in [-0.05, 0) is 30.4 Å². The molecule has 0 saturated carbocycles. The number of amides is 2. The molecule has 4 heteroatoms. The van der Waals surface area contributed by atoms with Crippen molar-refractivity contribution in [3.05, 3.63) is 47.5 Å². The van der Waals surface area contributed by atoms with Crippen molar-refractivity contribution in [2.45, 2.75) is 12.8 Å². The zero-order valence-electron chi connectivity index (χ0n) is 10.9. The van der Waals surface area contributed by atoms with E-state index in [0.717, 1.165) is 23.6 Å². The number of imide groups is 1. The minimum absolute atomic E-state index is 0.200. The molecule has 0 aliphatic carbocycles. The first-order valence-electron chi connectivity index (χ1n) is 6.68. The van der Waals surface area contributed by atoms with Crippen molar-refractivity contribution in [1.82, 2.24) is 4.90 Å². The third-order valence-electron chi connectivity index (χ3n) is 3.62.